The topological polar surface area (TPSA) is 79.4 Å². The second-order valence-corrected chi connectivity index (χ2v) is 11.1. The van der Waals surface area contributed by atoms with Gasteiger partial charge in [0, 0.05) is 45.0 Å². The van der Waals surface area contributed by atoms with Gasteiger partial charge in [-0.05, 0) is 43.4 Å². The van der Waals surface area contributed by atoms with E-state index in [9.17, 15) is 13.2 Å². The minimum atomic E-state index is -3.68. The van der Waals surface area contributed by atoms with Crippen LogP contribution in [0.1, 0.15) is 49.4 Å². The number of hydrogen-bond donors (Lipinski definition) is 0. The second-order valence-electron chi connectivity index (χ2n) is 9.17. The molecule has 0 aliphatic carbocycles. The van der Waals surface area contributed by atoms with Gasteiger partial charge in [0.15, 0.2) is 0 Å². The summed E-state index contributed by atoms with van der Waals surface area (Å²) in [6.07, 6.45) is 5.53. The molecule has 0 saturated carbocycles. The zero-order chi connectivity index (χ0) is 23.3. The SMILES string of the molecule is CCCC1CCCN(C(=O)c2cc(S(=O)(=O)N3CCOCC3)ccc2N2CCOCC2)CC1. The largest absolute Gasteiger partial charge is 0.379 e. The number of likely N-dealkylation sites (tertiary alicyclic amines) is 1. The molecule has 1 amide bonds. The van der Waals surface area contributed by atoms with Crippen molar-refractivity contribution >= 4 is 21.6 Å². The predicted molar refractivity (Wildman–Crippen MR) is 127 cm³/mol. The molecule has 0 radical (unpaired) electrons. The summed E-state index contributed by atoms with van der Waals surface area (Å²) < 4.78 is 38.9. The number of nitrogens with zero attached hydrogens (tertiary/aromatic N) is 3. The van der Waals surface area contributed by atoms with Gasteiger partial charge in [-0.15, -0.1) is 0 Å². The molecule has 3 heterocycles. The van der Waals surface area contributed by atoms with Gasteiger partial charge < -0.3 is 19.3 Å². The van der Waals surface area contributed by atoms with Gasteiger partial charge >= 0.3 is 0 Å². The van der Waals surface area contributed by atoms with Crippen LogP contribution in [-0.2, 0) is 19.5 Å². The Morgan fingerprint density at radius 3 is 2.36 bits per heavy atom. The molecule has 8 nitrogen and oxygen atoms in total. The van der Waals surface area contributed by atoms with Crippen molar-refractivity contribution in [3.8, 4) is 0 Å². The van der Waals surface area contributed by atoms with E-state index in [0.29, 0.717) is 64.1 Å². The molecule has 1 aromatic carbocycles. The van der Waals surface area contributed by atoms with Gasteiger partial charge in [-0.2, -0.15) is 4.31 Å². The molecule has 0 aromatic heterocycles. The highest BCUT2D eigenvalue weighted by Crippen LogP contribution is 2.30. The Hall–Kier alpha value is -1.68. The fourth-order valence-electron chi connectivity index (χ4n) is 5.10. The van der Waals surface area contributed by atoms with Crippen LogP contribution in [0.5, 0.6) is 0 Å². The van der Waals surface area contributed by atoms with Gasteiger partial charge in [-0.25, -0.2) is 8.42 Å². The summed E-state index contributed by atoms with van der Waals surface area (Å²) in [5, 5.41) is 0. The highest BCUT2D eigenvalue weighted by Gasteiger charge is 2.30. The van der Waals surface area contributed by atoms with Crippen molar-refractivity contribution in [1.82, 2.24) is 9.21 Å². The number of morpholine rings is 2. The van der Waals surface area contributed by atoms with Crippen molar-refractivity contribution in [2.24, 2.45) is 5.92 Å². The van der Waals surface area contributed by atoms with Crippen LogP contribution in [0.2, 0.25) is 0 Å². The molecule has 3 aliphatic rings. The van der Waals surface area contributed by atoms with Gasteiger partial charge in [0.25, 0.3) is 5.91 Å². The Morgan fingerprint density at radius 1 is 0.970 bits per heavy atom. The summed E-state index contributed by atoms with van der Waals surface area (Å²) >= 11 is 0. The van der Waals surface area contributed by atoms with E-state index >= 15 is 0 Å². The molecule has 3 saturated heterocycles. The van der Waals surface area contributed by atoms with E-state index in [4.69, 9.17) is 9.47 Å². The summed E-state index contributed by atoms with van der Waals surface area (Å²) in [4.78, 5) is 18.0. The van der Waals surface area contributed by atoms with Crippen molar-refractivity contribution in [1.29, 1.82) is 0 Å². The third kappa shape index (κ3) is 5.70. The van der Waals surface area contributed by atoms with Gasteiger partial charge in [-0.3, -0.25) is 4.79 Å². The van der Waals surface area contributed by atoms with Gasteiger partial charge in [-0.1, -0.05) is 19.8 Å². The average Bonchev–Trinajstić information content (AvgIpc) is 3.10. The Morgan fingerprint density at radius 2 is 1.67 bits per heavy atom. The molecule has 1 aromatic rings. The van der Waals surface area contributed by atoms with Gasteiger partial charge in [0.05, 0.1) is 36.9 Å². The molecule has 184 valence electrons. The highest BCUT2D eigenvalue weighted by atomic mass is 32.2. The molecule has 4 rings (SSSR count). The van der Waals surface area contributed by atoms with Crippen LogP contribution in [0.3, 0.4) is 0 Å². The lowest BCUT2D eigenvalue weighted by molar-refractivity contribution is 0.0729. The van der Waals surface area contributed by atoms with Crippen LogP contribution in [-0.4, -0.2) is 89.2 Å². The standard InChI is InChI=1S/C24H37N3O5S/c1-2-4-20-5-3-9-26(10-8-20)24(28)22-19-21(33(29,30)27-13-17-32-18-14-27)6-7-23(22)25-11-15-31-16-12-25/h6-7,19-20H,2-5,8-18H2,1H3. The van der Waals surface area contributed by atoms with E-state index in [0.717, 1.165) is 38.0 Å². The van der Waals surface area contributed by atoms with E-state index in [-0.39, 0.29) is 10.8 Å². The Balaban J connectivity index is 1.64. The summed E-state index contributed by atoms with van der Waals surface area (Å²) in [5.41, 5.74) is 1.29. The second kappa shape index (κ2) is 11.2. The number of sulfonamides is 1. The molecular weight excluding hydrogens is 442 g/mol. The maximum atomic E-state index is 13.8. The first-order valence-electron chi connectivity index (χ1n) is 12.3. The van der Waals surface area contributed by atoms with Crippen molar-refractivity contribution in [3.63, 3.8) is 0 Å². The molecule has 3 aliphatic heterocycles. The van der Waals surface area contributed by atoms with Gasteiger partial charge in [0.2, 0.25) is 10.0 Å². The summed E-state index contributed by atoms with van der Waals surface area (Å²) in [7, 11) is -3.68. The molecule has 0 bridgehead atoms. The summed E-state index contributed by atoms with van der Waals surface area (Å²) in [6.45, 7) is 7.70. The molecule has 1 atom stereocenters. The first kappa shape index (κ1) is 24.4. The number of hydrogen-bond acceptors (Lipinski definition) is 6. The Labute approximate surface area is 197 Å². The fourth-order valence-corrected chi connectivity index (χ4v) is 6.53. The van der Waals surface area contributed by atoms with Crippen LogP contribution >= 0.6 is 0 Å². The smallest absolute Gasteiger partial charge is 0.256 e. The van der Waals surface area contributed by atoms with Gasteiger partial charge in [0.1, 0.15) is 0 Å². The normalized spacial score (nSPS) is 23.4. The molecule has 9 heteroatoms. The number of rotatable bonds is 6. The Bertz CT molecular complexity index is 911. The zero-order valence-electron chi connectivity index (χ0n) is 19.7. The van der Waals surface area contributed by atoms with E-state index in [1.54, 1.807) is 12.1 Å². The van der Waals surface area contributed by atoms with Crippen molar-refractivity contribution in [3.05, 3.63) is 23.8 Å². The third-order valence-electron chi connectivity index (χ3n) is 6.99. The van der Waals surface area contributed by atoms with Crippen molar-refractivity contribution in [2.45, 2.75) is 43.9 Å². The molecule has 0 spiro atoms. The number of carbonyl (C=O) groups excluding carboxylic acids is 1. The molecule has 1 unspecified atom stereocenters. The fraction of sp³-hybridized carbons (Fsp3) is 0.708. The molecule has 0 N–H and O–H groups in total. The predicted octanol–water partition coefficient (Wildman–Crippen LogP) is 2.59. The van der Waals surface area contributed by atoms with E-state index in [1.807, 2.05) is 11.0 Å². The quantitative estimate of drug-likeness (QED) is 0.624. The number of anilines is 1. The minimum Gasteiger partial charge on any atom is -0.379 e. The molecule has 3 fully saturated rings. The lowest BCUT2D eigenvalue weighted by atomic mass is 9.96. The number of ether oxygens (including phenoxy) is 2. The van der Waals surface area contributed by atoms with E-state index in [2.05, 4.69) is 11.8 Å². The van der Waals surface area contributed by atoms with E-state index in [1.165, 1.54) is 17.1 Å². The van der Waals surface area contributed by atoms with Crippen molar-refractivity contribution in [2.75, 3.05) is 70.6 Å². The number of benzene rings is 1. The van der Waals surface area contributed by atoms with Crippen molar-refractivity contribution < 1.29 is 22.7 Å². The molecular formula is C24H37N3O5S. The van der Waals surface area contributed by atoms with Crippen LogP contribution in [0.4, 0.5) is 5.69 Å². The highest BCUT2D eigenvalue weighted by molar-refractivity contribution is 7.89. The maximum Gasteiger partial charge on any atom is 0.256 e. The average molecular weight is 480 g/mol. The lowest BCUT2D eigenvalue weighted by Gasteiger charge is -2.32. The van der Waals surface area contributed by atoms with Crippen LogP contribution < -0.4 is 4.90 Å². The monoisotopic (exact) mass is 479 g/mol. The third-order valence-corrected chi connectivity index (χ3v) is 8.88. The van der Waals surface area contributed by atoms with Crippen LogP contribution in [0.15, 0.2) is 23.1 Å². The number of carbonyl (C=O) groups is 1. The first-order valence-corrected chi connectivity index (χ1v) is 13.8. The summed E-state index contributed by atoms with van der Waals surface area (Å²) in [5.74, 6) is 0.604. The van der Waals surface area contributed by atoms with E-state index < -0.39 is 10.0 Å². The first-order chi connectivity index (χ1) is 16.0. The summed E-state index contributed by atoms with van der Waals surface area (Å²) in [6, 6.07) is 5.06. The van der Waals surface area contributed by atoms with Crippen LogP contribution in [0.25, 0.3) is 0 Å². The number of amides is 1. The molecule has 33 heavy (non-hydrogen) atoms. The van der Waals surface area contributed by atoms with Crippen LogP contribution in [0, 0.1) is 5.92 Å². The zero-order valence-corrected chi connectivity index (χ0v) is 20.5. The lowest BCUT2D eigenvalue weighted by Crippen LogP contribution is -2.41. The minimum absolute atomic E-state index is 0.0623. The Kier molecular flexibility index (Phi) is 8.27. The maximum absolute atomic E-state index is 13.8.